The Balaban J connectivity index is 2.13. The monoisotopic (exact) mass is 325 g/mol. The molecule has 2 aromatic rings. The maximum Gasteiger partial charge on any atom is 0.137 e. The first kappa shape index (κ1) is 16.1. The predicted octanol–water partition coefficient (Wildman–Crippen LogP) is 3.76. The Hall–Kier alpha value is -1.27. The number of aryl methyl sites for hydroxylation is 1. The summed E-state index contributed by atoms with van der Waals surface area (Å²) in [7, 11) is 0. The van der Waals surface area contributed by atoms with Crippen LogP contribution >= 0.6 is 22.9 Å². The lowest BCUT2D eigenvalue weighted by Crippen LogP contribution is -2.10. The van der Waals surface area contributed by atoms with Gasteiger partial charge in [-0.25, -0.2) is 9.97 Å². The van der Waals surface area contributed by atoms with Crippen LogP contribution in [0.15, 0.2) is 0 Å². The minimum absolute atomic E-state index is 0.0272. The predicted molar refractivity (Wildman–Crippen MR) is 87.1 cm³/mol. The molecule has 21 heavy (non-hydrogen) atoms. The van der Waals surface area contributed by atoms with Gasteiger partial charge in [0.15, 0.2) is 0 Å². The van der Waals surface area contributed by atoms with E-state index in [4.69, 9.17) is 11.6 Å². The Morgan fingerprint density at radius 3 is 2.48 bits per heavy atom. The average Bonchev–Trinajstić information content (AvgIpc) is 2.89. The first-order chi connectivity index (χ1) is 9.81. The van der Waals surface area contributed by atoms with Crippen molar-refractivity contribution in [3.63, 3.8) is 0 Å². The number of nitrogens with zero attached hydrogens (tertiary/aromatic N) is 4. The summed E-state index contributed by atoms with van der Waals surface area (Å²) < 4.78 is 0. The first-order valence-corrected chi connectivity index (χ1v) is 8.10. The SMILES string of the molecule is CCc1nc(Cl)c(C)c(NCc2nnc(C(C)(C)C)s2)n1. The minimum Gasteiger partial charge on any atom is -0.363 e. The molecule has 1 N–H and O–H groups in total. The zero-order valence-electron chi connectivity index (χ0n) is 13.0. The van der Waals surface area contributed by atoms with Gasteiger partial charge in [-0.05, 0) is 6.92 Å². The zero-order chi connectivity index (χ0) is 15.6. The van der Waals surface area contributed by atoms with E-state index >= 15 is 0 Å². The average molecular weight is 326 g/mol. The molecule has 0 aliphatic carbocycles. The fourth-order valence-electron chi connectivity index (χ4n) is 1.65. The van der Waals surface area contributed by atoms with Crippen LogP contribution in [0.4, 0.5) is 5.82 Å². The molecule has 0 atom stereocenters. The topological polar surface area (TPSA) is 63.6 Å². The Morgan fingerprint density at radius 1 is 1.19 bits per heavy atom. The van der Waals surface area contributed by atoms with E-state index in [2.05, 4.69) is 46.3 Å². The van der Waals surface area contributed by atoms with Crippen molar-refractivity contribution in [2.45, 2.75) is 53.0 Å². The first-order valence-electron chi connectivity index (χ1n) is 6.91. The van der Waals surface area contributed by atoms with E-state index in [0.29, 0.717) is 11.7 Å². The van der Waals surface area contributed by atoms with Crippen molar-refractivity contribution in [2.75, 3.05) is 5.32 Å². The molecule has 0 unspecified atom stereocenters. The highest BCUT2D eigenvalue weighted by Gasteiger charge is 2.19. The molecule has 114 valence electrons. The number of rotatable bonds is 4. The molecule has 0 bridgehead atoms. The second-order valence-electron chi connectivity index (χ2n) is 5.86. The van der Waals surface area contributed by atoms with Gasteiger partial charge in [-0.1, -0.05) is 50.6 Å². The molecule has 0 aromatic carbocycles. The quantitative estimate of drug-likeness (QED) is 0.867. The summed E-state index contributed by atoms with van der Waals surface area (Å²) in [6.45, 7) is 10.9. The van der Waals surface area contributed by atoms with Crippen LogP contribution in [-0.4, -0.2) is 20.2 Å². The normalized spacial score (nSPS) is 11.7. The molecule has 0 aliphatic heterocycles. The summed E-state index contributed by atoms with van der Waals surface area (Å²) in [4.78, 5) is 8.70. The third-order valence-electron chi connectivity index (χ3n) is 2.96. The third kappa shape index (κ3) is 3.89. The van der Waals surface area contributed by atoms with Gasteiger partial charge in [0.2, 0.25) is 0 Å². The van der Waals surface area contributed by atoms with Crippen LogP contribution in [0, 0.1) is 6.92 Å². The molecule has 0 fully saturated rings. The van der Waals surface area contributed by atoms with Gasteiger partial charge in [0.05, 0.1) is 6.54 Å². The molecule has 0 aliphatic rings. The largest absolute Gasteiger partial charge is 0.363 e. The van der Waals surface area contributed by atoms with Crippen LogP contribution in [0.25, 0.3) is 0 Å². The molecular formula is C14H20ClN5S. The van der Waals surface area contributed by atoms with E-state index < -0.39 is 0 Å². The summed E-state index contributed by atoms with van der Waals surface area (Å²) in [5.74, 6) is 1.50. The molecular weight excluding hydrogens is 306 g/mol. The molecule has 7 heteroatoms. The third-order valence-corrected chi connectivity index (χ3v) is 4.68. The lowest BCUT2D eigenvalue weighted by atomic mass is 9.98. The maximum absolute atomic E-state index is 6.13. The summed E-state index contributed by atoms with van der Waals surface area (Å²) in [5, 5.41) is 14.2. The smallest absolute Gasteiger partial charge is 0.137 e. The minimum atomic E-state index is 0.0272. The van der Waals surface area contributed by atoms with Gasteiger partial charge in [-0.15, -0.1) is 10.2 Å². The Kier molecular flexibility index (Phi) is 4.78. The van der Waals surface area contributed by atoms with Gasteiger partial charge in [0.25, 0.3) is 0 Å². The van der Waals surface area contributed by atoms with E-state index in [9.17, 15) is 0 Å². The van der Waals surface area contributed by atoms with Crippen LogP contribution in [0.2, 0.25) is 5.15 Å². The van der Waals surface area contributed by atoms with Gasteiger partial charge >= 0.3 is 0 Å². The number of anilines is 1. The zero-order valence-corrected chi connectivity index (χ0v) is 14.6. The van der Waals surface area contributed by atoms with Crippen LogP contribution < -0.4 is 5.32 Å². The van der Waals surface area contributed by atoms with E-state index in [1.54, 1.807) is 11.3 Å². The lowest BCUT2D eigenvalue weighted by molar-refractivity contribution is 0.578. The number of nitrogens with one attached hydrogen (secondary N) is 1. The van der Waals surface area contributed by atoms with Crippen molar-refractivity contribution in [3.8, 4) is 0 Å². The number of hydrogen-bond donors (Lipinski definition) is 1. The van der Waals surface area contributed by atoms with E-state index in [1.807, 2.05) is 13.8 Å². The van der Waals surface area contributed by atoms with Crippen LogP contribution in [-0.2, 0) is 18.4 Å². The molecule has 0 saturated heterocycles. The molecule has 0 amide bonds. The second kappa shape index (κ2) is 6.23. The number of aromatic nitrogens is 4. The summed E-state index contributed by atoms with van der Waals surface area (Å²) in [6.07, 6.45) is 0.752. The van der Waals surface area contributed by atoms with Crippen molar-refractivity contribution in [1.82, 2.24) is 20.2 Å². The fourth-order valence-corrected chi connectivity index (χ4v) is 2.67. The van der Waals surface area contributed by atoms with Crippen molar-refractivity contribution in [1.29, 1.82) is 0 Å². The van der Waals surface area contributed by atoms with Crippen molar-refractivity contribution < 1.29 is 0 Å². The van der Waals surface area contributed by atoms with Gasteiger partial charge in [0.1, 0.15) is 26.8 Å². The highest BCUT2D eigenvalue weighted by atomic mass is 35.5. The highest BCUT2D eigenvalue weighted by molar-refractivity contribution is 7.11. The lowest BCUT2D eigenvalue weighted by Gasteiger charge is -2.12. The van der Waals surface area contributed by atoms with Crippen LogP contribution in [0.1, 0.15) is 49.1 Å². The molecule has 0 saturated carbocycles. The molecule has 2 heterocycles. The van der Waals surface area contributed by atoms with Gasteiger partial charge in [-0.2, -0.15) is 0 Å². The second-order valence-corrected chi connectivity index (χ2v) is 7.28. The van der Waals surface area contributed by atoms with Crippen LogP contribution in [0.5, 0.6) is 0 Å². The Bertz CT molecular complexity index is 633. The van der Waals surface area contributed by atoms with E-state index in [1.165, 1.54) is 0 Å². The summed E-state index contributed by atoms with van der Waals surface area (Å²) in [6, 6.07) is 0. The van der Waals surface area contributed by atoms with Gasteiger partial charge in [0, 0.05) is 17.4 Å². The molecule has 2 rings (SSSR count). The van der Waals surface area contributed by atoms with Gasteiger partial charge in [-0.3, -0.25) is 0 Å². The summed E-state index contributed by atoms with van der Waals surface area (Å²) in [5.41, 5.74) is 0.883. The number of halogens is 1. The van der Waals surface area contributed by atoms with Crippen molar-refractivity contribution in [3.05, 3.63) is 26.6 Å². The fraction of sp³-hybridized carbons (Fsp3) is 0.571. The standard InChI is InChI=1S/C14H20ClN5S/c1-6-9-17-11(15)8(2)12(18-9)16-7-10-19-20-13(21-10)14(3,4)5/h6-7H2,1-5H3,(H,16,17,18). The Labute approximate surface area is 134 Å². The van der Waals surface area contributed by atoms with E-state index in [0.717, 1.165) is 33.6 Å². The summed E-state index contributed by atoms with van der Waals surface area (Å²) >= 11 is 7.74. The Morgan fingerprint density at radius 2 is 1.90 bits per heavy atom. The molecule has 0 radical (unpaired) electrons. The number of hydrogen-bond acceptors (Lipinski definition) is 6. The van der Waals surface area contributed by atoms with Crippen molar-refractivity contribution >= 4 is 28.8 Å². The molecule has 0 spiro atoms. The van der Waals surface area contributed by atoms with Gasteiger partial charge < -0.3 is 5.32 Å². The molecule has 5 nitrogen and oxygen atoms in total. The van der Waals surface area contributed by atoms with Crippen molar-refractivity contribution in [2.24, 2.45) is 0 Å². The highest BCUT2D eigenvalue weighted by Crippen LogP contribution is 2.26. The molecule has 2 aromatic heterocycles. The van der Waals surface area contributed by atoms with Crippen LogP contribution in [0.3, 0.4) is 0 Å². The van der Waals surface area contributed by atoms with E-state index in [-0.39, 0.29) is 5.41 Å². The maximum atomic E-state index is 6.13.